The largest absolute Gasteiger partial charge is 0.465 e. The van der Waals surface area contributed by atoms with Crippen molar-refractivity contribution in [2.24, 2.45) is 5.73 Å². The molecule has 2 aromatic rings. The van der Waals surface area contributed by atoms with Gasteiger partial charge in [-0.3, -0.25) is 0 Å². The van der Waals surface area contributed by atoms with Crippen LogP contribution in [0.15, 0.2) is 21.7 Å². The van der Waals surface area contributed by atoms with Crippen LogP contribution in [0.2, 0.25) is 0 Å². The molecule has 5 nitrogen and oxygen atoms in total. The van der Waals surface area contributed by atoms with Gasteiger partial charge in [-0.05, 0) is 32.9 Å². The molecule has 0 spiro atoms. The van der Waals surface area contributed by atoms with Crippen molar-refractivity contribution in [1.82, 2.24) is 14.8 Å². The van der Waals surface area contributed by atoms with E-state index in [0.29, 0.717) is 12.6 Å². The number of hydrogen-bond acceptors (Lipinski definition) is 5. The van der Waals surface area contributed by atoms with E-state index in [1.807, 2.05) is 19.1 Å². The van der Waals surface area contributed by atoms with Gasteiger partial charge >= 0.3 is 0 Å². The van der Waals surface area contributed by atoms with E-state index in [1.54, 1.807) is 11.8 Å². The first-order chi connectivity index (χ1) is 8.61. The first-order valence-corrected chi connectivity index (χ1v) is 6.92. The maximum Gasteiger partial charge on any atom is 0.191 e. The molecular weight excluding hydrogens is 248 g/mol. The lowest BCUT2D eigenvalue weighted by Gasteiger charge is -2.12. The molecule has 0 atom stereocenters. The highest BCUT2D eigenvalue weighted by Crippen LogP contribution is 2.25. The van der Waals surface area contributed by atoms with E-state index >= 15 is 0 Å². The van der Waals surface area contributed by atoms with Crippen LogP contribution in [-0.2, 0) is 12.3 Å². The molecule has 2 rings (SSSR count). The van der Waals surface area contributed by atoms with Crippen molar-refractivity contribution in [2.75, 3.05) is 0 Å². The van der Waals surface area contributed by atoms with Gasteiger partial charge in [0.1, 0.15) is 17.3 Å². The standard InChI is InChI=1S/C12H18N4OS/c1-8(2)16-11(6-13)14-15-12(16)18-7-10-5-4-9(3)17-10/h4-5,8H,6-7,13H2,1-3H3. The molecular formula is C12H18N4OS. The molecule has 0 amide bonds. The molecule has 0 aliphatic heterocycles. The smallest absolute Gasteiger partial charge is 0.191 e. The van der Waals surface area contributed by atoms with Crippen molar-refractivity contribution >= 4 is 11.8 Å². The van der Waals surface area contributed by atoms with Crippen molar-refractivity contribution in [1.29, 1.82) is 0 Å². The van der Waals surface area contributed by atoms with E-state index in [0.717, 1.165) is 28.3 Å². The first kappa shape index (κ1) is 13.2. The first-order valence-electron chi connectivity index (χ1n) is 5.93. The summed E-state index contributed by atoms with van der Waals surface area (Å²) in [5.41, 5.74) is 5.66. The lowest BCUT2D eigenvalue weighted by atomic mass is 10.4. The van der Waals surface area contributed by atoms with E-state index in [-0.39, 0.29) is 0 Å². The monoisotopic (exact) mass is 266 g/mol. The molecule has 0 aliphatic rings. The number of nitrogens with zero attached hydrogens (tertiary/aromatic N) is 3. The number of aromatic nitrogens is 3. The maximum atomic E-state index is 5.66. The summed E-state index contributed by atoms with van der Waals surface area (Å²) in [4.78, 5) is 0. The van der Waals surface area contributed by atoms with E-state index in [2.05, 4.69) is 28.6 Å². The minimum Gasteiger partial charge on any atom is -0.465 e. The average molecular weight is 266 g/mol. The molecule has 0 radical (unpaired) electrons. The highest BCUT2D eigenvalue weighted by molar-refractivity contribution is 7.98. The second-order valence-corrected chi connectivity index (χ2v) is 5.31. The predicted octanol–water partition coefficient (Wildman–Crippen LogP) is 2.51. The van der Waals surface area contributed by atoms with Crippen LogP contribution in [0.4, 0.5) is 0 Å². The number of rotatable bonds is 5. The molecule has 2 aromatic heterocycles. The highest BCUT2D eigenvalue weighted by atomic mass is 32.2. The molecule has 2 heterocycles. The Morgan fingerprint density at radius 3 is 2.72 bits per heavy atom. The van der Waals surface area contributed by atoms with E-state index < -0.39 is 0 Å². The summed E-state index contributed by atoms with van der Waals surface area (Å²) < 4.78 is 7.61. The van der Waals surface area contributed by atoms with Crippen LogP contribution < -0.4 is 5.73 Å². The van der Waals surface area contributed by atoms with Crippen molar-refractivity contribution in [3.63, 3.8) is 0 Å². The number of furan rings is 1. The van der Waals surface area contributed by atoms with Crippen molar-refractivity contribution in [3.05, 3.63) is 29.5 Å². The second kappa shape index (κ2) is 5.58. The summed E-state index contributed by atoms with van der Waals surface area (Å²) in [5, 5.41) is 9.18. The van der Waals surface area contributed by atoms with Gasteiger partial charge in [0.25, 0.3) is 0 Å². The van der Waals surface area contributed by atoms with Crippen LogP contribution in [0.25, 0.3) is 0 Å². The van der Waals surface area contributed by atoms with Crippen molar-refractivity contribution in [3.8, 4) is 0 Å². The summed E-state index contributed by atoms with van der Waals surface area (Å²) >= 11 is 1.62. The lowest BCUT2D eigenvalue weighted by Crippen LogP contribution is -2.11. The predicted molar refractivity (Wildman–Crippen MR) is 71.3 cm³/mol. The van der Waals surface area contributed by atoms with Gasteiger partial charge in [-0.25, -0.2) is 0 Å². The van der Waals surface area contributed by atoms with Gasteiger partial charge in [0.2, 0.25) is 0 Å². The Kier molecular flexibility index (Phi) is 4.08. The van der Waals surface area contributed by atoms with E-state index in [9.17, 15) is 0 Å². The van der Waals surface area contributed by atoms with Gasteiger partial charge in [0.15, 0.2) is 5.16 Å². The van der Waals surface area contributed by atoms with Crippen LogP contribution in [0.3, 0.4) is 0 Å². The minimum atomic E-state index is 0.305. The van der Waals surface area contributed by atoms with Crippen LogP contribution in [0, 0.1) is 6.92 Å². The van der Waals surface area contributed by atoms with Crippen molar-refractivity contribution < 1.29 is 4.42 Å². The Labute approximate surface area is 111 Å². The molecule has 0 bridgehead atoms. The minimum absolute atomic E-state index is 0.305. The summed E-state index contributed by atoms with van der Waals surface area (Å²) in [6, 6.07) is 4.26. The topological polar surface area (TPSA) is 69.9 Å². The van der Waals surface area contributed by atoms with Crippen LogP contribution in [0.1, 0.15) is 37.2 Å². The number of thioether (sulfide) groups is 1. The quantitative estimate of drug-likeness (QED) is 0.842. The average Bonchev–Trinajstić information content (AvgIpc) is 2.92. The van der Waals surface area contributed by atoms with E-state index in [4.69, 9.17) is 10.2 Å². The van der Waals surface area contributed by atoms with Gasteiger partial charge in [0, 0.05) is 6.04 Å². The molecule has 0 saturated heterocycles. The molecule has 0 saturated carbocycles. The molecule has 18 heavy (non-hydrogen) atoms. The molecule has 0 aromatic carbocycles. The number of hydrogen-bond donors (Lipinski definition) is 1. The summed E-state index contributed by atoms with van der Waals surface area (Å²) in [6.45, 7) is 6.55. The molecule has 98 valence electrons. The van der Waals surface area contributed by atoms with Crippen LogP contribution in [-0.4, -0.2) is 14.8 Å². The Hall–Kier alpha value is -1.27. The Morgan fingerprint density at radius 2 is 2.17 bits per heavy atom. The maximum absolute atomic E-state index is 5.66. The fraction of sp³-hybridized carbons (Fsp3) is 0.500. The third-order valence-electron chi connectivity index (χ3n) is 2.57. The van der Waals surface area contributed by atoms with E-state index in [1.165, 1.54) is 0 Å². The molecule has 0 fully saturated rings. The van der Waals surface area contributed by atoms with Gasteiger partial charge in [-0.2, -0.15) is 0 Å². The van der Waals surface area contributed by atoms with Crippen LogP contribution in [0.5, 0.6) is 0 Å². The summed E-state index contributed by atoms with van der Waals surface area (Å²) in [7, 11) is 0. The summed E-state index contributed by atoms with van der Waals surface area (Å²) in [6.07, 6.45) is 0. The molecule has 6 heteroatoms. The van der Waals surface area contributed by atoms with Crippen molar-refractivity contribution in [2.45, 2.75) is 44.3 Å². The molecule has 2 N–H and O–H groups in total. The Bertz CT molecular complexity index is 518. The molecule has 0 aliphatic carbocycles. The zero-order chi connectivity index (χ0) is 13.1. The number of aryl methyl sites for hydroxylation is 1. The number of nitrogens with two attached hydrogens (primary N) is 1. The zero-order valence-corrected chi connectivity index (χ0v) is 11.7. The highest BCUT2D eigenvalue weighted by Gasteiger charge is 2.14. The Morgan fingerprint density at radius 1 is 1.39 bits per heavy atom. The zero-order valence-electron chi connectivity index (χ0n) is 10.9. The van der Waals surface area contributed by atoms with Crippen LogP contribution >= 0.6 is 11.8 Å². The SMILES string of the molecule is Cc1ccc(CSc2nnc(CN)n2C(C)C)o1. The third kappa shape index (κ3) is 2.76. The normalized spacial score (nSPS) is 11.4. The fourth-order valence-electron chi connectivity index (χ4n) is 1.76. The Balaban J connectivity index is 2.11. The van der Waals surface area contributed by atoms with Gasteiger partial charge < -0.3 is 14.7 Å². The lowest BCUT2D eigenvalue weighted by molar-refractivity contribution is 0.499. The van der Waals surface area contributed by atoms with Gasteiger partial charge in [-0.15, -0.1) is 10.2 Å². The van der Waals surface area contributed by atoms with Gasteiger partial charge in [-0.1, -0.05) is 11.8 Å². The molecule has 0 unspecified atom stereocenters. The second-order valence-electron chi connectivity index (χ2n) is 4.37. The fourth-order valence-corrected chi connectivity index (χ4v) is 2.74. The third-order valence-corrected chi connectivity index (χ3v) is 3.54. The van der Waals surface area contributed by atoms with Gasteiger partial charge in [0.05, 0.1) is 12.3 Å². The summed E-state index contributed by atoms with van der Waals surface area (Å²) in [5.74, 6) is 3.45.